The van der Waals surface area contributed by atoms with Crippen LogP contribution in [0.25, 0.3) is 0 Å². The zero-order valence-electron chi connectivity index (χ0n) is 7.85. The van der Waals surface area contributed by atoms with E-state index in [0.717, 1.165) is 12.8 Å². The van der Waals surface area contributed by atoms with Crippen LogP contribution in [0.5, 0.6) is 0 Å². The molecule has 1 aliphatic heterocycles. The Bertz CT molecular complexity index is 202. The molecular weight excluding hydrogens is 152 g/mol. The quantitative estimate of drug-likeness (QED) is 0.519. The van der Waals surface area contributed by atoms with Crippen molar-refractivity contribution >= 4 is 5.97 Å². The number of fused-ring (bicyclic) bond motifs is 1. The van der Waals surface area contributed by atoms with Crippen molar-refractivity contribution in [3.05, 3.63) is 0 Å². The van der Waals surface area contributed by atoms with Crippen molar-refractivity contribution in [1.82, 2.24) is 0 Å². The van der Waals surface area contributed by atoms with Crippen molar-refractivity contribution in [1.29, 1.82) is 0 Å². The molecule has 0 N–H and O–H groups in total. The summed E-state index contributed by atoms with van der Waals surface area (Å²) in [6.07, 6.45) is 5.29. The highest BCUT2D eigenvalue weighted by atomic mass is 16.6. The van der Waals surface area contributed by atoms with Gasteiger partial charge in [-0.1, -0.05) is 13.3 Å². The second kappa shape index (κ2) is 2.24. The fourth-order valence-corrected chi connectivity index (χ4v) is 2.60. The number of hydrogen-bond acceptors (Lipinski definition) is 2. The fraction of sp³-hybridized carbons (Fsp3) is 0.900. The van der Waals surface area contributed by atoms with Gasteiger partial charge in [-0.15, -0.1) is 0 Å². The summed E-state index contributed by atoms with van der Waals surface area (Å²) in [7, 11) is 0. The second-order valence-electron chi connectivity index (χ2n) is 4.65. The maximum Gasteiger partial charge on any atom is 0.307 e. The number of carbonyl (C=O) groups excluding carboxylic acids is 1. The first-order valence-corrected chi connectivity index (χ1v) is 4.78. The topological polar surface area (TPSA) is 26.3 Å². The van der Waals surface area contributed by atoms with Crippen LogP contribution >= 0.6 is 0 Å². The average molecular weight is 168 g/mol. The average Bonchev–Trinajstić information content (AvgIpc) is 2.18. The van der Waals surface area contributed by atoms with Gasteiger partial charge in [0.2, 0.25) is 0 Å². The Kier molecular flexibility index (Phi) is 1.51. The van der Waals surface area contributed by atoms with Crippen molar-refractivity contribution < 1.29 is 9.53 Å². The third-order valence-electron chi connectivity index (χ3n) is 3.78. The molecule has 0 spiro atoms. The monoisotopic (exact) mass is 168 g/mol. The minimum absolute atomic E-state index is 0.00176. The molecule has 2 nitrogen and oxygen atoms in total. The normalized spacial score (nSPS) is 47.0. The Labute approximate surface area is 73.3 Å². The van der Waals surface area contributed by atoms with E-state index in [1.807, 2.05) is 0 Å². The van der Waals surface area contributed by atoms with Crippen molar-refractivity contribution in [3.63, 3.8) is 0 Å². The van der Waals surface area contributed by atoms with E-state index in [1.54, 1.807) is 0 Å². The standard InChI is InChI=1S/C10H16O2/c1-9-5-3-4-6-10(9,2)12-8(11)7-9/h3-7H2,1-2H3/t9-,10-/m1/s1. The summed E-state index contributed by atoms with van der Waals surface area (Å²) in [6.45, 7) is 4.29. The van der Waals surface area contributed by atoms with Crippen molar-refractivity contribution in [2.75, 3.05) is 0 Å². The highest BCUT2D eigenvalue weighted by molar-refractivity contribution is 5.73. The molecule has 0 aromatic rings. The summed E-state index contributed by atoms with van der Waals surface area (Å²) in [5.74, 6) is 0.00176. The van der Waals surface area contributed by atoms with Crippen molar-refractivity contribution in [2.24, 2.45) is 5.41 Å². The number of hydrogen-bond donors (Lipinski definition) is 0. The molecule has 0 amide bonds. The third-order valence-corrected chi connectivity index (χ3v) is 3.78. The molecule has 2 fully saturated rings. The molecule has 1 saturated heterocycles. The van der Waals surface area contributed by atoms with Gasteiger partial charge in [0.25, 0.3) is 0 Å². The van der Waals surface area contributed by atoms with E-state index in [-0.39, 0.29) is 17.0 Å². The molecule has 0 aromatic carbocycles. The fourth-order valence-electron chi connectivity index (χ4n) is 2.60. The summed E-state index contributed by atoms with van der Waals surface area (Å²) in [4.78, 5) is 11.2. The predicted molar refractivity (Wildman–Crippen MR) is 45.7 cm³/mol. The van der Waals surface area contributed by atoms with Crippen LogP contribution in [-0.4, -0.2) is 11.6 Å². The number of esters is 1. The molecule has 2 heteroatoms. The number of carbonyl (C=O) groups is 1. The summed E-state index contributed by atoms with van der Waals surface area (Å²) < 4.78 is 5.42. The molecule has 2 aliphatic rings. The van der Waals surface area contributed by atoms with Gasteiger partial charge in [-0.2, -0.15) is 0 Å². The molecule has 0 unspecified atom stereocenters. The van der Waals surface area contributed by atoms with Crippen LogP contribution in [0, 0.1) is 5.41 Å². The van der Waals surface area contributed by atoms with E-state index in [1.165, 1.54) is 12.8 Å². The minimum atomic E-state index is -0.150. The maximum absolute atomic E-state index is 11.2. The second-order valence-corrected chi connectivity index (χ2v) is 4.65. The van der Waals surface area contributed by atoms with Gasteiger partial charge >= 0.3 is 5.97 Å². The molecule has 12 heavy (non-hydrogen) atoms. The van der Waals surface area contributed by atoms with Gasteiger partial charge in [0, 0.05) is 5.41 Å². The number of ether oxygens (including phenoxy) is 1. The lowest BCUT2D eigenvalue weighted by Crippen LogP contribution is -2.42. The van der Waals surface area contributed by atoms with Crippen LogP contribution in [0.4, 0.5) is 0 Å². The van der Waals surface area contributed by atoms with Crippen LogP contribution in [-0.2, 0) is 9.53 Å². The van der Waals surface area contributed by atoms with Crippen molar-refractivity contribution in [2.45, 2.75) is 51.6 Å². The minimum Gasteiger partial charge on any atom is -0.459 e. The zero-order chi connectivity index (χ0) is 8.82. The molecule has 1 heterocycles. The first kappa shape index (κ1) is 8.09. The van der Waals surface area contributed by atoms with Crippen LogP contribution in [0.2, 0.25) is 0 Å². The smallest absolute Gasteiger partial charge is 0.307 e. The van der Waals surface area contributed by atoms with Gasteiger partial charge in [-0.25, -0.2) is 0 Å². The largest absolute Gasteiger partial charge is 0.459 e. The van der Waals surface area contributed by atoms with E-state index in [9.17, 15) is 4.79 Å². The van der Waals surface area contributed by atoms with Gasteiger partial charge in [0.1, 0.15) is 5.60 Å². The first-order valence-electron chi connectivity index (χ1n) is 4.78. The highest BCUT2D eigenvalue weighted by Crippen LogP contribution is 2.52. The Morgan fingerprint density at radius 3 is 2.58 bits per heavy atom. The van der Waals surface area contributed by atoms with E-state index >= 15 is 0 Å². The van der Waals surface area contributed by atoms with E-state index in [2.05, 4.69) is 13.8 Å². The molecule has 0 bridgehead atoms. The van der Waals surface area contributed by atoms with Gasteiger partial charge in [-0.05, 0) is 26.2 Å². The molecule has 68 valence electrons. The van der Waals surface area contributed by atoms with E-state index < -0.39 is 0 Å². The van der Waals surface area contributed by atoms with Gasteiger partial charge in [0.15, 0.2) is 0 Å². The maximum atomic E-state index is 11.2. The Hall–Kier alpha value is -0.530. The lowest BCUT2D eigenvalue weighted by atomic mass is 9.65. The van der Waals surface area contributed by atoms with Gasteiger partial charge in [-0.3, -0.25) is 4.79 Å². The Balaban J connectivity index is 2.30. The summed E-state index contributed by atoms with van der Waals surface area (Å²) in [6, 6.07) is 0. The highest BCUT2D eigenvalue weighted by Gasteiger charge is 2.55. The molecule has 2 atom stereocenters. The van der Waals surface area contributed by atoms with Gasteiger partial charge in [0.05, 0.1) is 6.42 Å². The van der Waals surface area contributed by atoms with Crippen molar-refractivity contribution in [3.8, 4) is 0 Å². The van der Waals surface area contributed by atoms with E-state index in [0.29, 0.717) is 6.42 Å². The van der Waals surface area contributed by atoms with E-state index in [4.69, 9.17) is 4.74 Å². The molecule has 0 radical (unpaired) electrons. The number of rotatable bonds is 0. The lowest BCUT2D eigenvalue weighted by molar-refractivity contribution is -0.152. The van der Waals surface area contributed by atoms with Crippen LogP contribution in [0.15, 0.2) is 0 Å². The predicted octanol–water partition coefficient (Wildman–Crippen LogP) is 2.27. The first-order chi connectivity index (χ1) is 5.56. The molecular formula is C10H16O2. The molecule has 0 aromatic heterocycles. The molecule has 2 rings (SSSR count). The SMILES string of the molecule is C[C@]12CCCC[C@@]1(C)OC(=O)C2. The Morgan fingerprint density at radius 2 is 1.92 bits per heavy atom. The lowest BCUT2D eigenvalue weighted by Gasteiger charge is -2.42. The Morgan fingerprint density at radius 1 is 1.25 bits per heavy atom. The molecule has 1 saturated carbocycles. The zero-order valence-corrected chi connectivity index (χ0v) is 7.85. The summed E-state index contributed by atoms with van der Waals surface area (Å²) >= 11 is 0. The van der Waals surface area contributed by atoms with Crippen LogP contribution in [0.3, 0.4) is 0 Å². The van der Waals surface area contributed by atoms with Gasteiger partial charge < -0.3 is 4.74 Å². The molecule has 1 aliphatic carbocycles. The van der Waals surface area contributed by atoms with Crippen LogP contribution in [0.1, 0.15) is 46.0 Å². The van der Waals surface area contributed by atoms with Crippen LogP contribution < -0.4 is 0 Å². The summed E-state index contributed by atoms with van der Waals surface area (Å²) in [5, 5.41) is 0. The summed E-state index contributed by atoms with van der Waals surface area (Å²) in [5.41, 5.74) is -0.0231. The third kappa shape index (κ3) is 0.900.